The molecule has 3 N–H and O–H groups in total. The zero-order valence-electron chi connectivity index (χ0n) is 14.3. The Labute approximate surface area is 166 Å². The summed E-state index contributed by atoms with van der Waals surface area (Å²) < 4.78 is 2.40. The van der Waals surface area contributed by atoms with Crippen LogP contribution < -0.4 is 10.6 Å². The topological polar surface area (TPSA) is 91.8 Å². The lowest BCUT2D eigenvalue weighted by atomic mass is 10.2. The van der Waals surface area contributed by atoms with Gasteiger partial charge < -0.3 is 15.2 Å². The number of benzene rings is 1. The van der Waals surface area contributed by atoms with Crippen LogP contribution in [0.3, 0.4) is 0 Å². The minimum atomic E-state index is -0.732. The van der Waals surface area contributed by atoms with Crippen LogP contribution in [-0.2, 0) is 17.8 Å². The summed E-state index contributed by atoms with van der Waals surface area (Å²) in [5, 5.41) is 12.7. The number of hydrogen-bond acceptors (Lipinski definition) is 4. The largest absolute Gasteiger partial charge is 0.354 e. The number of H-pyrrole nitrogens is 1. The van der Waals surface area contributed by atoms with E-state index < -0.39 is 11.9 Å². The highest BCUT2D eigenvalue weighted by Crippen LogP contribution is 2.25. The zero-order chi connectivity index (χ0) is 19.3. The van der Waals surface area contributed by atoms with Crippen LogP contribution in [0.4, 0.5) is 0 Å². The molecule has 0 aliphatic rings. The molecule has 0 saturated heterocycles. The summed E-state index contributed by atoms with van der Waals surface area (Å²) in [4.78, 5) is 24.4. The third-order valence-electron chi connectivity index (χ3n) is 3.74. The van der Waals surface area contributed by atoms with Crippen molar-refractivity contribution in [2.45, 2.75) is 32.9 Å². The van der Waals surface area contributed by atoms with E-state index >= 15 is 0 Å². The van der Waals surface area contributed by atoms with Crippen LogP contribution in [0, 0.1) is 4.77 Å². The van der Waals surface area contributed by atoms with Crippen molar-refractivity contribution in [1.29, 1.82) is 0 Å². The Bertz CT molecular complexity index is 865. The maximum Gasteiger partial charge on any atom is 0.253 e. The third-order valence-corrected chi connectivity index (χ3v) is 4.87. The van der Waals surface area contributed by atoms with Crippen molar-refractivity contribution >= 4 is 47.2 Å². The van der Waals surface area contributed by atoms with E-state index in [0.717, 1.165) is 5.82 Å². The van der Waals surface area contributed by atoms with Crippen molar-refractivity contribution in [3.05, 3.63) is 44.4 Å². The van der Waals surface area contributed by atoms with E-state index in [1.807, 2.05) is 11.5 Å². The molecule has 1 aromatic heterocycles. The first-order chi connectivity index (χ1) is 12.3. The number of amides is 2. The number of nitrogens with one attached hydrogen (secondary N) is 3. The molecule has 0 bridgehead atoms. The number of nitrogens with zero attached hydrogens (tertiary/aromatic N) is 2. The van der Waals surface area contributed by atoms with E-state index in [0.29, 0.717) is 24.3 Å². The molecule has 1 atom stereocenters. The first-order valence-corrected chi connectivity index (χ1v) is 9.18. The number of hydrogen-bond donors (Lipinski definition) is 3. The number of halogens is 2. The predicted molar refractivity (Wildman–Crippen MR) is 103 cm³/mol. The van der Waals surface area contributed by atoms with Crippen LogP contribution in [0.15, 0.2) is 18.2 Å². The van der Waals surface area contributed by atoms with Gasteiger partial charge in [0.15, 0.2) is 4.77 Å². The maximum absolute atomic E-state index is 12.3. The molecule has 1 heterocycles. The SMILES string of the molecule is CCn1c(CCNC(=O)C(C)NC(=O)c2cccc(Cl)c2Cl)n[nH]c1=S. The van der Waals surface area contributed by atoms with Crippen LogP contribution in [0.2, 0.25) is 10.0 Å². The van der Waals surface area contributed by atoms with E-state index in [9.17, 15) is 9.59 Å². The van der Waals surface area contributed by atoms with Gasteiger partial charge in [0.2, 0.25) is 5.91 Å². The van der Waals surface area contributed by atoms with Gasteiger partial charge in [0.1, 0.15) is 11.9 Å². The van der Waals surface area contributed by atoms with Crippen LogP contribution in [0.1, 0.15) is 30.0 Å². The van der Waals surface area contributed by atoms with Crippen molar-refractivity contribution in [2.24, 2.45) is 0 Å². The Morgan fingerprint density at radius 1 is 1.38 bits per heavy atom. The molecule has 7 nitrogen and oxygen atoms in total. The third kappa shape index (κ3) is 4.84. The highest BCUT2D eigenvalue weighted by molar-refractivity contribution is 7.71. The van der Waals surface area contributed by atoms with Crippen molar-refractivity contribution in [1.82, 2.24) is 25.4 Å². The molecule has 0 fully saturated rings. The molecule has 1 unspecified atom stereocenters. The quantitative estimate of drug-likeness (QED) is 0.606. The van der Waals surface area contributed by atoms with Crippen molar-refractivity contribution in [3.8, 4) is 0 Å². The van der Waals surface area contributed by atoms with E-state index in [4.69, 9.17) is 35.4 Å². The van der Waals surface area contributed by atoms with Gasteiger partial charge in [0, 0.05) is 19.5 Å². The second-order valence-electron chi connectivity index (χ2n) is 5.53. The molecule has 0 aliphatic carbocycles. The van der Waals surface area contributed by atoms with Crippen LogP contribution in [0.25, 0.3) is 0 Å². The Kier molecular flexibility index (Phi) is 7.19. The maximum atomic E-state index is 12.3. The molecule has 0 spiro atoms. The lowest BCUT2D eigenvalue weighted by Gasteiger charge is -2.15. The molecule has 0 saturated carbocycles. The summed E-state index contributed by atoms with van der Waals surface area (Å²) in [6.07, 6.45) is 0.521. The molecule has 2 amide bonds. The Morgan fingerprint density at radius 2 is 2.12 bits per heavy atom. The van der Waals surface area contributed by atoms with Gasteiger partial charge in [-0.15, -0.1) is 0 Å². The second kappa shape index (κ2) is 9.16. The van der Waals surface area contributed by atoms with E-state index in [2.05, 4.69) is 20.8 Å². The highest BCUT2D eigenvalue weighted by atomic mass is 35.5. The molecular weight excluding hydrogens is 397 g/mol. The monoisotopic (exact) mass is 415 g/mol. The number of aromatic nitrogens is 3. The van der Waals surface area contributed by atoms with E-state index in [1.165, 1.54) is 0 Å². The Morgan fingerprint density at radius 3 is 2.81 bits per heavy atom. The average Bonchev–Trinajstić information content (AvgIpc) is 2.96. The minimum Gasteiger partial charge on any atom is -0.354 e. The molecule has 140 valence electrons. The van der Waals surface area contributed by atoms with Crippen molar-refractivity contribution in [3.63, 3.8) is 0 Å². The molecule has 1 aromatic carbocycles. The molecule has 2 rings (SSSR count). The zero-order valence-corrected chi connectivity index (χ0v) is 16.6. The van der Waals surface area contributed by atoms with Gasteiger partial charge in [-0.2, -0.15) is 5.10 Å². The van der Waals surface area contributed by atoms with E-state index in [-0.39, 0.29) is 21.5 Å². The number of rotatable bonds is 7. The number of carbonyl (C=O) groups is 2. The van der Waals surface area contributed by atoms with Gasteiger partial charge >= 0.3 is 0 Å². The van der Waals surface area contributed by atoms with Crippen molar-refractivity contribution < 1.29 is 9.59 Å². The normalized spacial score (nSPS) is 11.8. The molecule has 10 heteroatoms. The smallest absolute Gasteiger partial charge is 0.253 e. The highest BCUT2D eigenvalue weighted by Gasteiger charge is 2.19. The fourth-order valence-electron chi connectivity index (χ4n) is 2.34. The second-order valence-corrected chi connectivity index (χ2v) is 6.70. The lowest BCUT2D eigenvalue weighted by Crippen LogP contribution is -2.45. The molecule has 0 radical (unpaired) electrons. The van der Waals surface area contributed by atoms with Crippen LogP contribution in [-0.4, -0.2) is 39.2 Å². The molecule has 0 aliphatic heterocycles. The van der Waals surface area contributed by atoms with Crippen molar-refractivity contribution in [2.75, 3.05) is 6.54 Å². The Hall–Kier alpha value is -1.90. The molecular formula is C16H19Cl2N5O2S. The summed E-state index contributed by atoms with van der Waals surface area (Å²) >= 11 is 17.0. The van der Waals surface area contributed by atoms with E-state index in [1.54, 1.807) is 25.1 Å². The lowest BCUT2D eigenvalue weighted by molar-refractivity contribution is -0.122. The van der Waals surface area contributed by atoms with Crippen LogP contribution in [0.5, 0.6) is 0 Å². The summed E-state index contributed by atoms with van der Waals surface area (Å²) in [6.45, 7) is 4.63. The summed E-state index contributed by atoms with van der Waals surface area (Å²) in [6, 6.07) is 4.02. The minimum absolute atomic E-state index is 0.154. The molecule has 2 aromatic rings. The summed E-state index contributed by atoms with van der Waals surface area (Å²) in [5.74, 6) is -0.0131. The number of aromatic amines is 1. The standard InChI is InChI=1S/C16H19Cl2N5O2S/c1-3-23-12(21-22-16(23)26)7-8-19-14(24)9(2)20-15(25)10-5-4-6-11(17)13(10)18/h4-6,9H,3,7-8H2,1-2H3,(H,19,24)(H,20,25)(H,22,26). The average molecular weight is 416 g/mol. The fourth-order valence-corrected chi connectivity index (χ4v) is 3.00. The van der Waals surface area contributed by atoms with Gasteiger partial charge in [-0.3, -0.25) is 14.7 Å². The number of carbonyl (C=O) groups excluding carboxylic acids is 2. The van der Waals surface area contributed by atoms with Crippen LogP contribution >= 0.6 is 35.4 Å². The summed E-state index contributed by atoms with van der Waals surface area (Å²) in [5.41, 5.74) is 0.220. The fraction of sp³-hybridized carbons (Fsp3) is 0.375. The summed E-state index contributed by atoms with van der Waals surface area (Å²) in [7, 11) is 0. The van der Waals surface area contributed by atoms with Gasteiger partial charge in [0.05, 0.1) is 15.6 Å². The van der Waals surface area contributed by atoms with Gasteiger partial charge in [-0.25, -0.2) is 0 Å². The first kappa shape index (κ1) is 20.4. The first-order valence-electron chi connectivity index (χ1n) is 8.01. The van der Waals surface area contributed by atoms with Gasteiger partial charge in [0.25, 0.3) is 5.91 Å². The van der Waals surface area contributed by atoms with Gasteiger partial charge in [-0.05, 0) is 38.2 Å². The molecule has 26 heavy (non-hydrogen) atoms. The Balaban J connectivity index is 1.88. The van der Waals surface area contributed by atoms with Gasteiger partial charge in [-0.1, -0.05) is 29.3 Å². The predicted octanol–water partition coefficient (Wildman–Crippen LogP) is 2.74.